The number of rotatable bonds is 7. The zero-order valence-electron chi connectivity index (χ0n) is 22.0. The van der Waals surface area contributed by atoms with Crippen molar-refractivity contribution in [3.63, 3.8) is 0 Å². The smallest absolute Gasteiger partial charge is 0.435 e. The van der Waals surface area contributed by atoms with Crippen LogP contribution >= 0.6 is 0 Å². The van der Waals surface area contributed by atoms with Crippen molar-refractivity contribution in [1.82, 2.24) is 40.0 Å². The number of aryl methyl sites for hydroxylation is 1. The van der Waals surface area contributed by atoms with E-state index in [0.717, 1.165) is 35.1 Å². The molecule has 0 radical (unpaired) electrons. The van der Waals surface area contributed by atoms with Crippen LogP contribution in [0.25, 0.3) is 5.69 Å². The summed E-state index contributed by atoms with van der Waals surface area (Å²) in [6, 6.07) is 6.56. The number of hydrogen-bond donors (Lipinski definition) is 1. The lowest BCUT2D eigenvalue weighted by Gasteiger charge is -2.24. The fourth-order valence-corrected chi connectivity index (χ4v) is 4.58. The van der Waals surface area contributed by atoms with Crippen LogP contribution in [0.2, 0.25) is 0 Å². The summed E-state index contributed by atoms with van der Waals surface area (Å²) < 4.78 is 64.2. The van der Waals surface area contributed by atoms with Crippen molar-refractivity contribution < 1.29 is 27.1 Å². The summed E-state index contributed by atoms with van der Waals surface area (Å²) in [6.07, 6.45) is -1.48. The third-order valence-corrected chi connectivity index (χ3v) is 6.59. The normalized spacial score (nSPS) is 13.8. The number of methoxy groups -OCH3 is 1. The van der Waals surface area contributed by atoms with Crippen molar-refractivity contribution in [3.05, 3.63) is 81.9 Å². The second-order valence-corrected chi connectivity index (χ2v) is 9.55. The zero-order valence-corrected chi connectivity index (χ0v) is 22.0. The Kier molecular flexibility index (Phi) is 7.27. The molecule has 210 valence electrons. The van der Waals surface area contributed by atoms with E-state index >= 15 is 4.39 Å². The lowest BCUT2D eigenvalue weighted by atomic mass is 10.1. The number of carbonyl (C=O) groups excluding carboxylic acids is 1. The van der Waals surface area contributed by atoms with Crippen molar-refractivity contribution in [1.29, 1.82) is 0 Å². The SMILES string of the molecule is COc1ccc(-n2cc(C)nn2)c(CNC(=O)c2cn(Cc3ccc4c(n3)CN(C)CC4)nc2C(F)(F)F)c1F. The van der Waals surface area contributed by atoms with Gasteiger partial charge in [-0.05, 0) is 44.2 Å². The number of amides is 1. The number of ether oxygens (including phenoxy) is 1. The summed E-state index contributed by atoms with van der Waals surface area (Å²) in [5.74, 6) is -1.96. The maximum atomic E-state index is 15.2. The molecular formula is C26H26F4N8O2. The highest BCUT2D eigenvalue weighted by Crippen LogP contribution is 2.31. The molecule has 0 saturated heterocycles. The largest absolute Gasteiger partial charge is 0.494 e. The molecule has 0 unspecified atom stereocenters. The number of nitrogens with zero attached hydrogens (tertiary/aromatic N) is 7. The molecule has 0 aliphatic carbocycles. The average molecular weight is 559 g/mol. The third-order valence-electron chi connectivity index (χ3n) is 6.59. The molecule has 1 amide bonds. The van der Waals surface area contributed by atoms with Crippen molar-refractivity contribution in [2.45, 2.75) is 39.2 Å². The maximum Gasteiger partial charge on any atom is 0.435 e. The number of nitrogens with one attached hydrogen (secondary N) is 1. The second-order valence-electron chi connectivity index (χ2n) is 9.55. The van der Waals surface area contributed by atoms with E-state index in [2.05, 4.69) is 30.6 Å². The van der Waals surface area contributed by atoms with Crippen LogP contribution in [0.4, 0.5) is 17.6 Å². The van der Waals surface area contributed by atoms with Gasteiger partial charge in [0.05, 0.1) is 48.2 Å². The highest BCUT2D eigenvalue weighted by molar-refractivity contribution is 5.95. The Morgan fingerprint density at radius 2 is 1.98 bits per heavy atom. The Morgan fingerprint density at radius 1 is 1.18 bits per heavy atom. The molecule has 40 heavy (non-hydrogen) atoms. The fourth-order valence-electron chi connectivity index (χ4n) is 4.58. The number of halogens is 4. The third kappa shape index (κ3) is 5.52. The number of alkyl halides is 3. The van der Waals surface area contributed by atoms with Gasteiger partial charge in [0.1, 0.15) is 0 Å². The first-order valence-electron chi connectivity index (χ1n) is 12.4. The molecule has 4 heterocycles. The van der Waals surface area contributed by atoms with Crippen molar-refractivity contribution in [2.75, 3.05) is 20.7 Å². The molecule has 5 rings (SSSR count). The summed E-state index contributed by atoms with van der Waals surface area (Å²) in [6.45, 7) is 2.73. The number of hydrogen-bond acceptors (Lipinski definition) is 7. The zero-order chi connectivity index (χ0) is 28.6. The standard InChI is InChI=1S/C26H26F4N8O2/c1-15-11-38(35-33-15)21-6-7-22(40-3)23(27)18(21)10-31-25(39)19-13-37(34-24(19)26(28,29)30)12-17-5-4-16-8-9-36(2)14-20(16)32-17/h4-7,11,13H,8-10,12,14H2,1-3H3,(H,31,39). The van der Waals surface area contributed by atoms with Gasteiger partial charge in [0.25, 0.3) is 5.91 Å². The number of likely N-dealkylation sites (N-methyl/N-ethyl adjacent to an activating group) is 1. The molecule has 0 saturated carbocycles. The molecule has 10 nitrogen and oxygen atoms in total. The minimum Gasteiger partial charge on any atom is -0.494 e. The number of fused-ring (bicyclic) bond motifs is 1. The minimum absolute atomic E-state index is 0.0400. The Morgan fingerprint density at radius 3 is 2.67 bits per heavy atom. The maximum absolute atomic E-state index is 15.2. The number of aromatic nitrogens is 6. The van der Waals surface area contributed by atoms with Crippen LogP contribution in [0.5, 0.6) is 5.75 Å². The highest BCUT2D eigenvalue weighted by atomic mass is 19.4. The van der Waals surface area contributed by atoms with Crippen LogP contribution in [-0.4, -0.2) is 61.3 Å². The molecule has 14 heteroatoms. The molecular weight excluding hydrogens is 532 g/mol. The lowest BCUT2D eigenvalue weighted by Crippen LogP contribution is -2.27. The lowest BCUT2D eigenvalue weighted by molar-refractivity contribution is -0.141. The average Bonchev–Trinajstić information content (AvgIpc) is 3.54. The number of pyridine rings is 1. The Labute approximate surface area is 226 Å². The summed E-state index contributed by atoms with van der Waals surface area (Å²) in [7, 11) is 3.25. The van der Waals surface area contributed by atoms with Crippen LogP contribution in [0.3, 0.4) is 0 Å². The van der Waals surface area contributed by atoms with Gasteiger partial charge < -0.3 is 15.0 Å². The van der Waals surface area contributed by atoms with Crippen LogP contribution in [0, 0.1) is 12.7 Å². The predicted octanol–water partition coefficient (Wildman–Crippen LogP) is 3.30. The Hall–Kier alpha value is -4.33. The summed E-state index contributed by atoms with van der Waals surface area (Å²) in [4.78, 5) is 19.7. The van der Waals surface area contributed by atoms with Crippen LogP contribution in [0.15, 0.2) is 36.7 Å². The Bertz CT molecular complexity index is 1560. The van der Waals surface area contributed by atoms with E-state index in [1.807, 2.05) is 13.1 Å². The first-order valence-corrected chi connectivity index (χ1v) is 12.4. The molecule has 0 atom stereocenters. The van der Waals surface area contributed by atoms with E-state index in [0.29, 0.717) is 17.9 Å². The molecule has 0 bridgehead atoms. The molecule has 1 aromatic carbocycles. The van der Waals surface area contributed by atoms with Crippen molar-refractivity contribution in [3.8, 4) is 11.4 Å². The van der Waals surface area contributed by atoms with E-state index in [9.17, 15) is 18.0 Å². The Balaban J connectivity index is 1.41. The topological polar surface area (TPSA) is 103 Å². The van der Waals surface area contributed by atoms with Gasteiger partial charge in [-0.1, -0.05) is 11.3 Å². The van der Waals surface area contributed by atoms with Gasteiger partial charge >= 0.3 is 6.18 Å². The van der Waals surface area contributed by atoms with Gasteiger partial charge in [-0.2, -0.15) is 18.3 Å². The highest BCUT2D eigenvalue weighted by Gasteiger charge is 2.39. The quantitative estimate of drug-likeness (QED) is 0.347. The predicted molar refractivity (Wildman–Crippen MR) is 134 cm³/mol. The molecule has 0 fully saturated rings. The van der Waals surface area contributed by atoms with Gasteiger partial charge in [-0.25, -0.2) is 9.07 Å². The van der Waals surface area contributed by atoms with Gasteiger partial charge in [0.2, 0.25) is 0 Å². The monoisotopic (exact) mass is 558 g/mol. The number of benzene rings is 1. The summed E-state index contributed by atoms with van der Waals surface area (Å²) in [5.41, 5.74) is 1.22. The van der Waals surface area contributed by atoms with Crippen LogP contribution in [-0.2, 0) is 32.2 Å². The van der Waals surface area contributed by atoms with Crippen molar-refractivity contribution in [2.24, 2.45) is 0 Å². The summed E-state index contributed by atoms with van der Waals surface area (Å²) in [5, 5.41) is 13.9. The molecule has 4 aromatic rings. The van der Waals surface area contributed by atoms with E-state index in [1.165, 1.54) is 23.9 Å². The summed E-state index contributed by atoms with van der Waals surface area (Å²) >= 11 is 0. The molecule has 3 aromatic heterocycles. The second kappa shape index (κ2) is 10.7. The first kappa shape index (κ1) is 27.2. The molecule has 1 aliphatic heterocycles. The van der Waals surface area contributed by atoms with E-state index in [1.54, 1.807) is 19.2 Å². The van der Waals surface area contributed by atoms with Crippen LogP contribution < -0.4 is 10.1 Å². The number of carbonyl (C=O) groups is 1. The molecule has 1 N–H and O–H groups in total. The first-order chi connectivity index (χ1) is 19.0. The van der Waals surface area contributed by atoms with E-state index < -0.39 is 35.7 Å². The molecule has 1 aliphatic rings. The van der Waals surface area contributed by atoms with Gasteiger partial charge in [0, 0.05) is 31.4 Å². The van der Waals surface area contributed by atoms with Gasteiger partial charge in [-0.15, -0.1) is 5.10 Å². The van der Waals surface area contributed by atoms with Crippen LogP contribution in [0.1, 0.15) is 44.3 Å². The van der Waals surface area contributed by atoms with Gasteiger partial charge in [-0.3, -0.25) is 14.5 Å². The van der Waals surface area contributed by atoms with Gasteiger partial charge in [0.15, 0.2) is 17.3 Å². The van der Waals surface area contributed by atoms with E-state index in [4.69, 9.17) is 4.74 Å². The minimum atomic E-state index is -4.89. The van der Waals surface area contributed by atoms with E-state index in [-0.39, 0.29) is 23.5 Å². The fraction of sp³-hybridized carbons (Fsp3) is 0.346. The molecule has 0 spiro atoms. The van der Waals surface area contributed by atoms with Crippen molar-refractivity contribution >= 4 is 5.91 Å².